The van der Waals surface area contributed by atoms with Crippen LogP contribution < -0.4 is 5.32 Å². The summed E-state index contributed by atoms with van der Waals surface area (Å²) in [7, 11) is 0. The molecule has 24 heavy (non-hydrogen) atoms. The number of hydrogen-bond acceptors (Lipinski definition) is 5. The van der Waals surface area contributed by atoms with Crippen LogP contribution in [0.4, 0.5) is 9.18 Å². The van der Waals surface area contributed by atoms with Gasteiger partial charge in [-0.3, -0.25) is 9.59 Å². The maximum Gasteiger partial charge on any atom is 0.408 e. The Labute approximate surface area is 140 Å². The van der Waals surface area contributed by atoms with Crippen LogP contribution in [0.1, 0.15) is 39.2 Å². The van der Waals surface area contributed by atoms with E-state index < -0.39 is 29.7 Å². The molecule has 0 bridgehead atoms. The number of esters is 1. The molecular formula is C17H22FNO5. The Morgan fingerprint density at radius 1 is 1.17 bits per heavy atom. The first-order valence-electron chi connectivity index (χ1n) is 7.56. The molecule has 1 atom stereocenters. The topological polar surface area (TPSA) is 81.7 Å². The number of nitrogens with one attached hydrogen (secondary N) is 1. The van der Waals surface area contributed by atoms with E-state index in [9.17, 15) is 18.8 Å². The summed E-state index contributed by atoms with van der Waals surface area (Å²) in [6.45, 7) is 5.08. The molecular weight excluding hydrogens is 317 g/mol. The molecule has 1 N–H and O–H groups in total. The van der Waals surface area contributed by atoms with Crippen LogP contribution in [-0.4, -0.2) is 29.7 Å². The first-order chi connectivity index (χ1) is 11.2. The standard InChI is InChI=1S/C17H22FNO5/c1-17(2,3)24-14(20)10-9-13(15(18)21)19-16(22)23-11-12-7-5-4-6-8-12/h4-8,13H,9-11H2,1-3H3,(H,19,22)/t13-/m0/s1. The van der Waals surface area contributed by atoms with Crippen LogP contribution in [-0.2, 0) is 25.7 Å². The number of ether oxygens (including phenoxy) is 2. The third-order valence-corrected chi connectivity index (χ3v) is 2.84. The van der Waals surface area contributed by atoms with Crippen molar-refractivity contribution in [3.63, 3.8) is 0 Å². The lowest BCUT2D eigenvalue weighted by Crippen LogP contribution is -2.40. The maximum absolute atomic E-state index is 13.0. The summed E-state index contributed by atoms with van der Waals surface area (Å²) >= 11 is 0. The van der Waals surface area contributed by atoms with Crippen LogP contribution in [0.5, 0.6) is 0 Å². The van der Waals surface area contributed by atoms with Crippen molar-refractivity contribution >= 4 is 18.1 Å². The second-order valence-corrected chi connectivity index (χ2v) is 6.19. The molecule has 0 fully saturated rings. The Hall–Kier alpha value is -2.44. The van der Waals surface area contributed by atoms with Crippen molar-refractivity contribution in [2.75, 3.05) is 0 Å². The van der Waals surface area contributed by atoms with Crippen molar-refractivity contribution in [3.05, 3.63) is 35.9 Å². The van der Waals surface area contributed by atoms with Gasteiger partial charge in [-0.15, -0.1) is 0 Å². The van der Waals surface area contributed by atoms with Gasteiger partial charge in [0.25, 0.3) is 0 Å². The van der Waals surface area contributed by atoms with Gasteiger partial charge in [0.05, 0.1) is 0 Å². The highest BCUT2D eigenvalue weighted by molar-refractivity contribution is 5.81. The average molecular weight is 339 g/mol. The van der Waals surface area contributed by atoms with Gasteiger partial charge >= 0.3 is 18.1 Å². The molecule has 0 heterocycles. The lowest BCUT2D eigenvalue weighted by molar-refractivity contribution is -0.155. The van der Waals surface area contributed by atoms with Crippen LogP contribution in [0, 0.1) is 0 Å². The molecule has 0 aromatic heterocycles. The minimum atomic E-state index is -1.74. The molecule has 1 rings (SSSR count). The molecule has 0 aliphatic heterocycles. The predicted molar refractivity (Wildman–Crippen MR) is 84.7 cm³/mol. The Bertz CT molecular complexity index is 568. The van der Waals surface area contributed by atoms with E-state index in [4.69, 9.17) is 9.47 Å². The highest BCUT2D eigenvalue weighted by Gasteiger charge is 2.24. The van der Waals surface area contributed by atoms with Crippen molar-refractivity contribution in [1.29, 1.82) is 0 Å². The van der Waals surface area contributed by atoms with Gasteiger partial charge in [-0.2, -0.15) is 4.39 Å². The minimum absolute atomic E-state index is 0.00800. The van der Waals surface area contributed by atoms with E-state index in [1.807, 2.05) is 6.07 Å². The summed E-state index contributed by atoms with van der Waals surface area (Å²) in [5.41, 5.74) is 0.0819. The number of carbonyl (C=O) groups excluding carboxylic acids is 3. The predicted octanol–water partition coefficient (Wildman–Crippen LogP) is 2.90. The zero-order valence-corrected chi connectivity index (χ0v) is 14.0. The highest BCUT2D eigenvalue weighted by atomic mass is 19.1. The first-order valence-corrected chi connectivity index (χ1v) is 7.56. The zero-order valence-electron chi connectivity index (χ0n) is 14.0. The monoisotopic (exact) mass is 339 g/mol. The number of carbonyl (C=O) groups is 3. The van der Waals surface area contributed by atoms with Gasteiger partial charge in [0.1, 0.15) is 18.2 Å². The van der Waals surface area contributed by atoms with E-state index in [1.165, 1.54) is 0 Å². The highest BCUT2D eigenvalue weighted by Crippen LogP contribution is 2.11. The number of hydrogen-bond donors (Lipinski definition) is 1. The van der Waals surface area contributed by atoms with Crippen molar-refractivity contribution in [1.82, 2.24) is 5.32 Å². The average Bonchev–Trinajstić information content (AvgIpc) is 2.48. The van der Waals surface area contributed by atoms with Crippen molar-refractivity contribution < 1.29 is 28.2 Å². The second-order valence-electron chi connectivity index (χ2n) is 6.19. The lowest BCUT2D eigenvalue weighted by atomic mass is 10.1. The largest absolute Gasteiger partial charge is 0.460 e. The zero-order chi connectivity index (χ0) is 18.2. The molecule has 132 valence electrons. The summed E-state index contributed by atoms with van der Waals surface area (Å²) < 4.78 is 23.0. The SMILES string of the molecule is CC(C)(C)OC(=O)CC[C@H](NC(=O)OCc1ccccc1)C(=O)F. The number of amides is 1. The molecule has 0 saturated carbocycles. The summed E-state index contributed by atoms with van der Waals surface area (Å²) in [5, 5.41) is 2.11. The number of halogens is 1. The maximum atomic E-state index is 13.0. The molecule has 0 radical (unpaired) electrons. The number of rotatable bonds is 7. The number of benzene rings is 1. The Morgan fingerprint density at radius 3 is 2.33 bits per heavy atom. The van der Waals surface area contributed by atoms with E-state index in [-0.39, 0.29) is 19.4 Å². The van der Waals surface area contributed by atoms with E-state index >= 15 is 0 Å². The smallest absolute Gasteiger partial charge is 0.408 e. The summed E-state index contributed by atoms with van der Waals surface area (Å²) in [6, 6.07) is 5.71. The second kappa shape index (κ2) is 9.00. The summed E-state index contributed by atoms with van der Waals surface area (Å²) in [4.78, 5) is 34.2. The van der Waals surface area contributed by atoms with Crippen LogP contribution >= 0.6 is 0 Å². The third-order valence-electron chi connectivity index (χ3n) is 2.84. The molecule has 1 aromatic rings. The molecule has 0 unspecified atom stereocenters. The third kappa shape index (κ3) is 8.26. The fourth-order valence-electron chi connectivity index (χ4n) is 1.80. The molecule has 0 aliphatic carbocycles. The van der Waals surface area contributed by atoms with E-state index in [0.29, 0.717) is 0 Å². The van der Waals surface area contributed by atoms with Gasteiger partial charge in [-0.1, -0.05) is 30.3 Å². The molecule has 7 heteroatoms. The molecule has 6 nitrogen and oxygen atoms in total. The Balaban J connectivity index is 2.43. The van der Waals surface area contributed by atoms with Gasteiger partial charge in [0.15, 0.2) is 0 Å². The lowest BCUT2D eigenvalue weighted by Gasteiger charge is -2.20. The van der Waals surface area contributed by atoms with E-state index in [1.54, 1.807) is 45.0 Å². The molecule has 1 aromatic carbocycles. The number of alkyl carbamates (subject to hydrolysis) is 1. The molecule has 1 amide bonds. The van der Waals surface area contributed by atoms with Crippen LogP contribution in [0.25, 0.3) is 0 Å². The quantitative estimate of drug-likeness (QED) is 0.610. The van der Waals surface area contributed by atoms with Gasteiger partial charge in [0.2, 0.25) is 0 Å². The van der Waals surface area contributed by atoms with Crippen molar-refractivity contribution in [2.24, 2.45) is 0 Å². The summed E-state index contributed by atoms with van der Waals surface area (Å²) in [5.74, 6) is -0.576. The van der Waals surface area contributed by atoms with Crippen LogP contribution in [0.2, 0.25) is 0 Å². The van der Waals surface area contributed by atoms with E-state index in [2.05, 4.69) is 5.32 Å². The van der Waals surface area contributed by atoms with Crippen LogP contribution in [0.3, 0.4) is 0 Å². The minimum Gasteiger partial charge on any atom is -0.460 e. The van der Waals surface area contributed by atoms with E-state index in [0.717, 1.165) is 5.56 Å². The summed E-state index contributed by atoms with van der Waals surface area (Å²) in [6.07, 6.45) is -1.33. The van der Waals surface area contributed by atoms with Gasteiger partial charge in [0, 0.05) is 6.42 Å². The van der Waals surface area contributed by atoms with Gasteiger partial charge < -0.3 is 14.8 Å². The fraction of sp³-hybridized carbons (Fsp3) is 0.471. The van der Waals surface area contributed by atoms with Gasteiger partial charge in [-0.05, 0) is 32.8 Å². The Kier molecular flexibility index (Phi) is 7.35. The molecule has 0 spiro atoms. The van der Waals surface area contributed by atoms with Gasteiger partial charge in [-0.25, -0.2) is 4.79 Å². The fourth-order valence-corrected chi connectivity index (χ4v) is 1.80. The van der Waals surface area contributed by atoms with Crippen molar-refractivity contribution in [2.45, 2.75) is 51.9 Å². The van der Waals surface area contributed by atoms with Crippen molar-refractivity contribution in [3.8, 4) is 0 Å². The Morgan fingerprint density at radius 2 is 1.79 bits per heavy atom. The first kappa shape index (κ1) is 19.6. The van der Waals surface area contributed by atoms with Crippen LogP contribution in [0.15, 0.2) is 30.3 Å². The molecule has 0 aliphatic rings. The normalized spacial score (nSPS) is 12.2. The molecule has 0 saturated heterocycles.